The average Bonchev–Trinajstić information content (AvgIpc) is 2.53. The molecule has 0 aliphatic heterocycles. The molecule has 1 aromatic rings. The van der Waals surface area contributed by atoms with Gasteiger partial charge in [0.2, 0.25) is 0 Å². The van der Waals surface area contributed by atoms with Crippen molar-refractivity contribution in [3.05, 3.63) is 35.4 Å². The van der Waals surface area contributed by atoms with Gasteiger partial charge in [-0.05, 0) is 112 Å². The molecule has 0 radical (unpaired) electrons. The van der Waals surface area contributed by atoms with Crippen LogP contribution in [0.2, 0.25) is 0 Å². The van der Waals surface area contributed by atoms with Crippen molar-refractivity contribution in [2.75, 3.05) is 0 Å². The van der Waals surface area contributed by atoms with E-state index >= 15 is 0 Å². The van der Waals surface area contributed by atoms with Crippen LogP contribution in [-0.2, 0) is 10.2 Å². The largest absolute Gasteiger partial charge is 0.491 e. The van der Waals surface area contributed by atoms with Crippen molar-refractivity contribution in [2.45, 2.75) is 70.8 Å². The fourth-order valence-corrected chi connectivity index (χ4v) is 6.19. The number of ether oxygens (including phenoxy) is 1. The molecule has 0 N–H and O–H groups in total. The maximum Gasteiger partial charge on any atom is 0.143 e. The summed E-state index contributed by atoms with van der Waals surface area (Å²) in [6, 6.07) is 6.59. The quantitative estimate of drug-likeness (QED) is 0.520. The Morgan fingerprint density at radius 2 is 1.72 bits per heavy atom. The van der Waals surface area contributed by atoms with Crippen molar-refractivity contribution in [1.29, 1.82) is 0 Å². The van der Waals surface area contributed by atoms with Gasteiger partial charge >= 0.3 is 0 Å². The smallest absolute Gasteiger partial charge is 0.143 e. The highest BCUT2D eigenvalue weighted by Crippen LogP contribution is 2.62. The van der Waals surface area contributed by atoms with Gasteiger partial charge in [-0.3, -0.25) is 4.79 Å². The number of carbonyl (C=O) groups excluding carboxylic acids is 1. The van der Waals surface area contributed by atoms with Crippen molar-refractivity contribution >= 4 is 11.9 Å². The molecule has 4 fully saturated rings. The second-order valence-electron chi connectivity index (χ2n) is 9.06. The van der Waals surface area contributed by atoms with Gasteiger partial charge in [-0.25, -0.2) is 0 Å². The summed E-state index contributed by atoms with van der Waals surface area (Å²) in [6.07, 6.45) is 11.1. The van der Waals surface area contributed by atoms with Crippen LogP contribution in [-0.4, -0.2) is 12.4 Å². The van der Waals surface area contributed by atoms with Gasteiger partial charge in [-0.1, -0.05) is 6.07 Å². The molecule has 0 atom stereocenters. The number of hydrogen-bond donors (Lipinski definition) is 0. The molecule has 0 unspecified atom stereocenters. The van der Waals surface area contributed by atoms with Crippen molar-refractivity contribution in [3.8, 4) is 5.75 Å². The molecule has 0 spiro atoms. The van der Waals surface area contributed by atoms with Gasteiger partial charge in [0.05, 0.1) is 6.10 Å². The third kappa shape index (κ3) is 3.05. The molecular weight excluding hydrogens is 308 g/mol. The topological polar surface area (TPSA) is 26.3 Å². The summed E-state index contributed by atoms with van der Waals surface area (Å²) in [4.78, 5) is 10.9. The van der Waals surface area contributed by atoms with Crippen LogP contribution in [0.1, 0.15) is 70.4 Å². The fraction of sp³-hybridized carbons (Fsp3) is 0.609. The van der Waals surface area contributed by atoms with Gasteiger partial charge in [0.15, 0.2) is 0 Å². The highest BCUT2D eigenvalue weighted by Gasteiger charge is 2.52. The zero-order valence-corrected chi connectivity index (χ0v) is 15.8. The van der Waals surface area contributed by atoms with E-state index in [2.05, 4.69) is 32.0 Å². The zero-order chi connectivity index (χ0) is 17.6. The predicted molar refractivity (Wildman–Crippen MR) is 102 cm³/mol. The molecule has 4 bridgehead atoms. The van der Waals surface area contributed by atoms with E-state index in [0.717, 1.165) is 40.9 Å². The first-order chi connectivity index (χ1) is 12.0. The first kappa shape index (κ1) is 16.9. The van der Waals surface area contributed by atoms with E-state index in [0.29, 0.717) is 5.41 Å². The number of carbonyl (C=O) groups is 1. The van der Waals surface area contributed by atoms with Gasteiger partial charge in [-0.2, -0.15) is 0 Å². The van der Waals surface area contributed by atoms with E-state index in [9.17, 15) is 4.79 Å². The summed E-state index contributed by atoms with van der Waals surface area (Å²) in [5.41, 5.74) is 3.92. The van der Waals surface area contributed by atoms with Crippen LogP contribution in [0.25, 0.3) is 5.57 Å². The highest BCUT2D eigenvalue weighted by atomic mass is 16.5. The van der Waals surface area contributed by atoms with E-state index < -0.39 is 0 Å². The van der Waals surface area contributed by atoms with Crippen LogP contribution in [0, 0.1) is 17.8 Å². The Bertz CT molecular complexity index is 663. The monoisotopic (exact) mass is 338 g/mol. The lowest BCUT2D eigenvalue weighted by atomic mass is 9.48. The minimum atomic E-state index is 0.185. The first-order valence-electron chi connectivity index (χ1n) is 9.93. The molecule has 4 saturated carbocycles. The van der Waals surface area contributed by atoms with Gasteiger partial charge in [0, 0.05) is 5.56 Å². The van der Waals surface area contributed by atoms with E-state index in [1.807, 2.05) is 6.92 Å². The second-order valence-corrected chi connectivity index (χ2v) is 9.06. The number of rotatable bonds is 5. The van der Waals surface area contributed by atoms with E-state index in [1.54, 1.807) is 6.08 Å². The molecule has 5 rings (SSSR count). The Kier molecular flexibility index (Phi) is 4.25. The molecule has 4 aliphatic rings. The molecule has 134 valence electrons. The summed E-state index contributed by atoms with van der Waals surface area (Å²) in [5.74, 6) is 3.80. The minimum Gasteiger partial charge on any atom is -0.491 e. The maximum absolute atomic E-state index is 10.9. The highest BCUT2D eigenvalue weighted by molar-refractivity contribution is 5.81. The lowest BCUT2D eigenvalue weighted by molar-refractivity contribution is -0.104. The molecular formula is C23H30O2. The number of benzene rings is 1. The van der Waals surface area contributed by atoms with Crippen molar-refractivity contribution < 1.29 is 9.53 Å². The summed E-state index contributed by atoms with van der Waals surface area (Å²) >= 11 is 0. The lowest BCUT2D eigenvalue weighted by Gasteiger charge is -2.57. The fourth-order valence-electron chi connectivity index (χ4n) is 6.19. The van der Waals surface area contributed by atoms with Gasteiger partial charge in [0.25, 0.3) is 0 Å². The van der Waals surface area contributed by atoms with Gasteiger partial charge in [0.1, 0.15) is 12.0 Å². The second kappa shape index (κ2) is 6.30. The molecule has 2 nitrogen and oxygen atoms in total. The minimum absolute atomic E-state index is 0.185. The Hall–Kier alpha value is -1.57. The average molecular weight is 338 g/mol. The van der Waals surface area contributed by atoms with Gasteiger partial charge < -0.3 is 4.74 Å². The Morgan fingerprint density at radius 3 is 2.24 bits per heavy atom. The Morgan fingerprint density at radius 1 is 1.12 bits per heavy atom. The Labute approximate surface area is 151 Å². The van der Waals surface area contributed by atoms with Crippen LogP contribution < -0.4 is 4.74 Å². The van der Waals surface area contributed by atoms with E-state index in [4.69, 9.17) is 4.74 Å². The van der Waals surface area contributed by atoms with Crippen LogP contribution in [0.3, 0.4) is 0 Å². The molecule has 0 heterocycles. The normalized spacial score (nSPS) is 33.8. The molecule has 2 heteroatoms. The summed E-state index contributed by atoms with van der Waals surface area (Å²) in [6.45, 7) is 6.24. The molecule has 0 saturated heterocycles. The molecule has 0 aromatic heterocycles. The zero-order valence-electron chi connectivity index (χ0n) is 15.8. The summed E-state index contributed by atoms with van der Waals surface area (Å²) in [5, 5.41) is 0. The lowest BCUT2D eigenvalue weighted by Crippen LogP contribution is -2.48. The first-order valence-corrected chi connectivity index (χ1v) is 9.93. The third-order valence-electron chi connectivity index (χ3n) is 6.73. The number of hydrogen-bond acceptors (Lipinski definition) is 2. The van der Waals surface area contributed by atoms with Crippen molar-refractivity contribution in [3.63, 3.8) is 0 Å². The molecule has 1 aromatic carbocycles. The van der Waals surface area contributed by atoms with Crippen molar-refractivity contribution in [2.24, 2.45) is 17.8 Å². The Balaban J connectivity index is 1.79. The number of aldehydes is 1. The van der Waals surface area contributed by atoms with E-state index in [1.165, 1.54) is 44.1 Å². The standard InChI is InChI=1S/C23H30O2/c1-15(2)25-22-5-4-20(16(3)6-7-24)11-21(22)23-12-17-8-18(13-23)10-19(9-17)14-23/h4-7,11,15,17-19H,8-10,12-14H2,1-3H3/b16-6-. The molecule has 0 amide bonds. The van der Waals surface area contributed by atoms with Crippen LogP contribution >= 0.6 is 0 Å². The molecule has 25 heavy (non-hydrogen) atoms. The molecule has 4 aliphatic carbocycles. The van der Waals surface area contributed by atoms with Gasteiger partial charge in [-0.15, -0.1) is 0 Å². The van der Waals surface area contributed by atoms with Crippen LogP contribution in [0.5, 0.6) is 5.75 Å². The third-order valence-corrected chi connectivity index (χ3v) is 6.73. The summed E-state index contributed by atoms with van der Waals surface area (Å²) < 4.78 is 6.24. The van der Waals surface area contributed by atoms with E-state index in [-0.39, 0.29) is 6.10 Å². The number of allylic oxidation sites excluding steroid dienone is 2. The van der Waals surface area contributed by atoms with Crippen LogP contribution in [0.15, 0.2) is 24.3 Å². The maximum atomic E-state index is 10.9. The van der Waals surface area contributed by atoms with Crippen LogP contribution in [0.4, 0.5) is 0 Å². The summed E-state index contributed by atoms with van der Waals surface area (Å²) in [7, 11) is 0. The predicted octanol–water partition coefficient (Wildman–Crippen LogP) is 5.54. The van der Waals surface area contributed by atoms with Crippen molar-refractivity contribution in [1.82, 2.24) is 0 Å². The SMILES string of the molecule is C/C(=C/C=O)c1ccc(OC(C)C)c(C23CC4CC(CC(C4)C2)C3)c1.